The molecule has 0 bridgehead atoms. The van der Waals surface area contributed by atoms with E-state index in [1.54, 1.807) is 7.11 Å². The Kier molecular flexibility index (Phi) is 2.65. The molecule has 1 aromatic heterocycles. The fourth-order valence-electron chi connectivity index (χ4n) is 1.25. The van der Waals surface area contributed by atoms with E-state index in [-0.39, 0.29) is 0 Å². The molecule has 0 unspecified atom stereocenters. The maximum atomic E-state index is 5.56. The molecule has 0 radical (unpaired) electrons. The van der Waals surface area contributed by atoms with Crippen molar-refractivity contribution in [2.24, 2.45) is 5.73 Å². The van der Waals surface area contributed by atoms with Crippen molar-refractivity contribution in [2.75, 3.05) is 7.11 Å². The highest BCUT2D eigenvalue weighted by molar-refractivity contribution is 5.35. The number of hydrogen-bond donors (Lipinski definition) is 1. The average Bonchev–Trinajstić information content (AvgIpc) is 2.03. The van der Waals surface area contributed by atoms with E-state index in [0.717, 1.165) is 16.8 Å². The van der Waals surface area contributed by atoms with Crippen molar-refractivity contribution in [3.63, 3.8) is 0 Å². The molecule has 0 amide bonds. The van der Waals surface area contributed by atoms with Gasteiger partial charge in [-0.25, -0.2) is 4.98 Å². The van der Waals surface area contributed by atoms with Crippen molar-refractivity contribution >= 4 is 0 Å². The van der Waals surface area contributed by atoms with Crippen LogP contribution in [0.25, 0.3) is 0 Å². The zero-order chi connectivity index (χ0) is 9.14. The van der Waals surface area contributed by atoms with Gasteiger partial charge in [0, 0.05) is 17.8 Å². The molecule has 3 nitrogen and oxygen atoms in total. The number of aromatic nitrogens is 1. The van der Waals surface area contributed by atoms with Gasteiger partial charge >= 0.3 is 0 Å². The minimum Gasteiger partial charge on any atom is -0.481 e. The monoisotopic (exact) mass is 166 g/mol. The van der Waals surface area contributed by atoms with Crippen LogP contribution in [0.3, 0.4) is 0 Å². The maximum absolute atomic E-state index is 5.56. The number of aryl methyl sites for hydroxylation is 2. The molecule has 1 aromatic rings. The molecule has 0 saturated carbocycles. The number of methoxy groups -OCH3 is 1. The molecule has 0 aromatic carbocycles. The van der Waals surface area contributed by atoms with Gasteiger partial charge in [-0.2, -0.15) is 0 Å². The largest absolute Gasteiger partial charge is 0.481 e. The summed E-state index contributed by atoms with van der Waals surface area (Å²) in [7, 11) is 1.61. The summed E-state index contributed by atoms with van der Waals surface area (Å²) in [6, 6.07) is 2.00. The van der Waals surface area contributed by atoms with Crippen molar-refractivity contribution < 1.29 is 4.74 Å². The number of pyridine rings is 1. The van der Waals surface area contributed by atoms with Crippen LogP contribution in [0.1, 0.15) is 16.8 Å². The lowest BCUT2D eigenvalue weighted by molar-refractivity contribution is 0.391. The molecule has 0 atom stereocenters. The molecule has 1 heterocycles. The summed E-state index contributed by atoms with van der Waals surface area (Å²) in [6.45, 7) is 4.43. The van der Waals surface area contributed by atoms with Crippen molar-refractivity contribution in [1.82, 2.24) is 4.98 Å². The van der Waals surface area contributed by atoms with Gasteiger partial charge in [-0.3, -0.25) is 0 Å². The van der Waals surface area contributed by atoms with E-state index < -0.39 is 0 Å². The van der Waals surface area contributed by atoms with Gasteiger partial charge in [0.2, 0.25) is 5.88 Å². The molecule has 0 spiro atoms. The molecule has 0 saturated heterocycles. The number of nitrogens with zero attached hydrogens (tertiary/aromatic N) is 1. The number of nitrogens with two attached hydrogens (primary N) is 1. The maximum Gasteiger partial charge on any atom is 0.218 e. The first-order valence-corrected chi connectivity index (χ1v) is 3.90. The Morgan fingerprint density at radius 2 is 2.17 bits per heavy atom. The lowest BCUT2D eigenvalue weighted by Gasteiger charge is -2.09. The standard InChI is InChI=1S/C9H14N2O/c1-6-4-7(2)11-9(12-3)8(6)5-10/h4H,5,10H2,1-3H3. The average molecular weight is 166 g/mol. The van der Waals surface area contributed by atoms with E-state index in [2.05, 4.69) is 4.98 Å². The Morgan fingerprint density at radius 1 is 1.50 bits per heavy atom. The summed E-state index contributed by atoms with van der Waals surface area (Å²) in [5.74, 6) is 0.648. The third kappa shape index (κ3) is 1.56. The van der Waals surface area contributed by atoms with E-state index in [0.29, 0.717) is 12.4 Å². The van der Waals surface area contributed by atoms with Crippen LogP contribution in [-0.4, -0.2) is 12.1 Å². The van der Waals surface area contributed by atoms with Crippen LogP contribution >= 0.6 is 0 Å². The van der Waals surface area contributed by atoms with Crippen molar-refractivity contribution in [3.05, 3.63) is 22.9 Å². The van der Waals surface area contributed by atoms with E-state index >= 15 is 0 Å². The lowest BCUT2D eigenvalue weighted by atomic mass is 10.1. The Bertz CT molecular complexity index is 284. The molecule has 66 valence electrons. The van der Waals surface area contributed by atoms with Crippen LogP contribution in [-0.2, 0) is 6.54 Å². The highest BCUT2D eigenvalue weighted by atomic mass is 16.5. The van der Waals surface area contributed by atoms with E-state index in [1.165, 1.54) is 0 Å². The second-order valence-corrected chi connectivity index (χ2v) is 2.77. The highest BCUT2D eigenvalue weighted by Crippen LogP contribution is 2.19. The van der Waals surface area contributed by atoms with E-state index in [1.807, 2.05) is 19.9 Å². The molecular formula is C9H14N2O. The van der Waals surface area contributed by atoms with E-state index in [4.69, 9.17) is 10.5 Å². The Hall–Kier alpha value is -1.09. The van der Waals surface area contributed by atoms with Crippen LogP contribution in [0.5, 0.6) is 5.88 Å². The SMILES string of the molecule is COc1nc(C)cc(C)c1CN. The predicted octanol–water partition coefficient (Wildman–Crippen LogP) is 1.17. The quantitative estimate of drug-likeness (QED) is 0.717. The van der Waals surface area contributed by atoms with Gasteiger partial charge in [0.05, 0.1) is 7.11 Å². The first-order valence-electron chi connectivity index (χ1n) is 3.90. The Balaban J connectivity index is 3.24. The third-order valence-electron chi connectivity index (χ3n) is 1.83. The smallest absolute Gasteiger partial charge is 0.218 e. The van der Waals surface area contributed by atoms with Crippen molar-refractivity contribution in [1.29, 1.82) is 0 Å². The van der Waals surface area contributed by atoms with Gasteiger partial charge in [0.15, 0.2) is 0 Å². The zero-order valence-corrected chi connectivity index (χ0v) is 7.72. The zero-order valence-electron chi connectivity index (χ0n) is 7.72. The third-order valence-corrected chi connectivity index (χ3v) is 1.83. The Morgan fingerprint density at radius 3 is 2.67 bits per heavy atom. The molecule has 0 fully saturated rings. The van der Waals surface area contributed by atoms with Gasteiger partial charge in [0.25, 0.3) is 0 Å². The number of rotatable bonds is 2. The van der Waals surface area contributed by atoms with Crippen LogP contribution in [0.4, 0.5) is 0 Å². The van der Waals surface area contributed by atoms with Gasteiger partial charge < -0.3 is 10.5 Å². The minimum absolute atomic E-state index is 0.474. The number of ether oxygens (including phenoxy) is 1. The molecular weight excluding hydrogens is 152 g/mol. The molecule has 0 aliphatic heterocycles. The lowest BCUT2D eigenvalue weighted by Crippen LogP contribution is -2.05. The van der Waals surface area contributed by atoms with Crippen LogP contribution in [0, 0.1) is 13.8 Å². The molecule has 1 rings (SSSR count). The highest BCUT2D eigenvalue weighted by Gasteiger charge is 2.06. The second-order valence-electron chi connectivity index (χ2n) is 2.77. The Labute approximate surface area is 72.6 Å². The molecule has 0 aliphatic carbocycles. The number of hydrogen-bond acceptors (Lipinski definition) is 3. The van der Waals surface area contributed by atoms with Crippen LogP contribution in [0.15, 0.2) is 6.07 Å². The first-order chi connectivity index (χ1) is 5.69. The second kappa shape index (κ2) is 3.54. The normalized spacial score (nSPS) is 10.0. The van der Waals surface area contributed by atoms with Gasteiger partial charge in [0.1, 0.15) is 0 Å². The molecule has 2 N–H and O–H groups in total. The fraction of sp³-hybridized carbons (Fsp3) is 0.444. The van der Waals surface area contributed by atoms with Crippen LogP contribution < -0.4 is 10.5 Å². The fourth-order valence-corrected chi connectivity index (χ4v) is 1.25. The van der Waals surface area contributed by atoms with Crippen LogP contribution in [0.2, 0.25) is 0 Å². The molecule has 12 heavy (non-hydrogen) atoms. The summed E-state index contributed by atoms with van der Waals surface area (Å²) < 4.78 is 5.11. The first kappa shape index (κ1) is 9.00. The van der Waals surface area contributed by atoms with Gasteiger partial charge in [-0.1, -0.05) is 0 Å². The van der Waals surface area contributed by atoms with Crippen molar-refractivity contribution in [2.45, 2.75) is 20.4 Å². The summed E-state index contributed by atoms with van der Waals surface area (Å²) in [6.07, 6.45) is 0. The molecule has 0 aliphatic rings. The molecule has 3 heteroatoms. The summed E-state index contributed by atoms with van der Waals surface area (Å²) >= 11 is 0. The summed E-state index contributed by atoms with van der Waals surface area (Å²) in [5, 5.41) is 0. The minimum atomic E-state index is 0.474. The summed E-state index contributed by atoms with van der Waals surface area (Å²) in [4.78, 5) is 4.22. The van der Waals surface area contributed by atoms with Gasteiger partial charge in [-0.15, -0.1) is 0 Å². The van der Waals surface area contributed by atoms with Gasteiger partial charge in [-0.05, 0) is 25.5 Å². The topological polar surface area (TPSA) is 48.1 Å². The predicted molar refractivity (Wildman–Crippen MR) is 48.2 cm³/mol. The summed E-state index contributed by atoms with van der Waals surface area (Å²) in [5.41, 5.74) is 8.65. The van der Waals surface area contributed by atoms with Crippen molar-refractivity contribution in [3.8, 4) is 5.88 Å². The van der Waals surface area contributed by atoms with E-state index in [9.17, 15) is 0 Å².